The largest absolute Gasteiger partial charge is 0.331 e. The molecule has 0 saturated heterocycles. The van der Waals surface area contributed by atoms with Gasteiger partial charge in [0.15, 0.2) is 0 Å². The molecule has 44 valence electrons. The van der Waals surface area contributed by atoms with E-state index in [1.54, 1.807) is 0 Å². The SMILES string of the molecule is C1CCC1.CCN. The molecular weight excluding hydrogens is 86.1 g/mol. The maximum absolute atomic E-state index is 4.85. The fourth-order valence-corrected chi connectivity index (χ4v) is 0.250. The van der Waals surface area contributed by atoms with Crippen molar-refractivity contribution in [3.63, 3.8) is 0 Å². The summed E-state index contributed by atoms with van der Waals surface area (Å²) in [7, 11) is 0. The summed E-state index contributed by atoms with van der Waals surface area (Å²) < 4.78 is 0. The van der Waals surface area contributed by atoms with E-state index in [4.69, 9.17) is 5.73 Å². The van der Waals surface area contributed by atoms with Crippen molar-refractivity contribution in [1.29, 1.82) is 0 Å². The molecular formula is C6H15N. The van der Waals surface area contributed by atoms with E-state index in [1.807, 2.05) is 6.92 Å². The molecule has 0 unspecified atom stereocenters. The fourth-order valence-electron chi connectivity index (χ4n) is 0.250. The van der Waals surface area contributed by atoms with Crippen molar-refractivity contribution in [2.75, 3.05) is 6.54 Å². The maximum Gasteiger partial charge on any atom is -0.0106 e. The van der Waals surface area contributed by atoms with E-state index < -0.39 is 0 Å². The summed E-state index contributed by atoms with van der Waals surface area (Å²) in [6.07, 6.45) is 6.00. The van der Waals surface area contributed by atoms with Gasteiger partial charge in [0.1, 0.15) is 0 Å². The molecule has 0 atom stereocenters. The maximum atomic E-state index is 4.85. The topological polar surface area (TPSA) is 26.0 Å². The van der Waals surface area contributed by atoms with Gasteiger partial charge in [0, 0.05) is 0 Å². The molecule has 0 aromatic heterocycles. The van der Waals surface area contributed by atoms with Gasteiger partial charge >= 0.3 is 0 Å². The first-order valence-electron chi connectivity index (χ1n) is 3.12. The first-order chi connectivity index (χ1) is 3.41. The summed E-state index contributed by atoms with van der Waals surface area (Å²) in [5.41, 5.74) is 4.85. The molecule has 0 heterocycles. The van der Waals surface area contributed by atoms with Gasteiger partial charge in [-0.25, -0.2) is 0 Å². The Kier molecular flexibility index (Phi) is 5.93. The van der Waals surface area contributed by atoms with Crippen molar-refractivity contribution in [3.05, 3.63) is 0 Å². The molecule has 7 heavy (non-hydrogen) atoms. The number of nitrogens with two attached hydrogens (primary N) is 1. The van der Waals surface area contributed by atoms with Crippen molar-refractivity contribution in [1.82, 2.24) is 0 Å². The molecule has 1 saturated carbocycles. The molecule has 0 aromatic carbocycles. The van der Waals surface area contributed by atoms with Gasteiger partial charge in [-0.3, -0.25) is 0 Å². The zero-order valence-electron chi connectivity index (χ0n) is 5.11. The fraction of sp³-hybridized carbons (Fsp3) is 1.00. The van der Waals surface area contributed by atoms with Gasteiger partial charge in [0.2, 0.25) is 0 Å². The third-order valence-electron chi connectivity index (χ3n) is 1.000. The monoisotopic (exact) mass is 101 g/mol. The van der Waals surface area contributed by atoms with Crippen molar-refractivity contribution >= 4 is 0 Å². The van der Waals surface area contributed by atoms with E-state index in [1.165, 1.54) is 25.7 Å². The van der Waals surface area contributed by atoms with Gasteiger partial charge in [0.25, 0.3) is 0 Å². The average molecular weight is 101 g/mol. The second kappa shape index (κ2) is 5.96. The molecule has 1 aliphatic rings. The van der Waals surface area contributed by atoms with Crippen LogP contribution < -0.4 is 5.73 Å². The Morgan fingerprint density at radius 2 is 1.29 bits per heavy atom. The van der Waals surface area contributed by atoms with Crippen LogP contribution in [0.3, 0.4) is 0 Å². The summed E-state index contributed by atoms with van der Waals surface area (Å²) in [4.78, 5) is 0. The number of hydrogen-bond donors (Lipinski definition) is 1. The minimum atomic E-state index is 0.750. The van der Waals surface area contributed by atoms with E-state index in [-0.39, 0.29) is 0 Å². The molecule has 0 aromatic rings. The standard InChI is InChI=1S/C4H8.C2H7N/c1-2-4-3-1;1-2-3/h1-4H2;2-3H2,1H3. The van der Waals surface area contributed by atoms with E-state index in [2.05, 4.69) is 0 Å². The van der Waals surface area contributed by atoms with Crippen molar-refractivity contribution in [2.24, 2.45) is 5.73 Å². The summed E-state index contributed by atoms with van der Waals surface area (Å²) in [5.74, 6) is 0. The highest BCUT2D eigenvalue weighted by Gasteiger charge is 1.95. The van der Waals surface area contributed by atoms with Crippen LogP contribution in [0.15, 0.2) is 0 Å². The molecule has 0 aliphatic heterocycles. The third kappa shape index (κ3) is 5.96. The van der Waals surface area contributed by atoms with Crippen LogP contribution in [-0.2, 0) is 0 Å². The Balaban J connectivity index is 0.000000110. The van der Waals surface area contributed by atoms with Crippen LogP contribution in [0.2, 0.25) is 0 Å². The first kappa shape index (κ1) is 6.96. The Morgan fingerprint density at radius 1 is 1.14 bits per heavy atom. The quantitative estimate of drug-likeness (QED) is 0.492. The summed E-state index contributed by atoms with van der Waals surface area (Å²) in [6.45, 7) is 2.65. The molecule has 0 spiro atoms. The zero-order chi connectivity index (χ0) is 5.54. The molecule has 1 aliphatic carbocycles. The Bertz CT molecular complexity index is 19.4. The molecule has 1 rings (SSSR count). The highest BCUT2D eigenvalue weighted by Crippen LogP contribution is 2.15. The second-order valence-electron chi connectivity index (χ2n) is 1.82. The smallest absolute Gasteiger partial charge is 0.0106 e. The van der Waals surface area contributed by atoms with Crippen molar-refractivity contribution < 1.29 is 0 Å². The molecule has 0 radical (unpaired) electrons. The van der Waals surface area contributed by atoms with Crippen LogP contribution in [0.4, 0.5) is 0 Å². The van der Waals surface area contributed by atoms with Crippen LogP contribution in [-0.4, -0.2) is 6.54 Å². The summed E-state index contributed by atoms with van der Waals surface area (Å²) in [6, 6.07) is 0. The normalized spacial score (nSPS) is 16.3. The van der Waals surface area contributed by atoms with Crippen LogP contribution in [0.1, 0.15) is 32.6 Å². The molecule has 2 N–H and O–H groups in total. The van der Waals surface area contributed by atoms with E-state index >= 15 is 0 Å². The third-order valence-corrected chi connectivity index (χ3v) is 1.000. The average Bonchev–Trinajstić information content (AvgIpc) is 1.27. The van der Waals surface area contributed by atoms with Gasteiger partial charge < -0.3 is 5.73 Å². The second-order valence-corrected chi connectivity index (χ2v) is 1.82. The predicted molar refractivity (Wildman–Crippen MR) is 33.2 cm³/mol. The van der Waals surface area contributed by atoms with Crippen molar-refractivity contribution in [3.8, 4) is 0 Å². The lowest BCUT2D eigenvalue weighted by Crippen LogP contribution is -1.87. The molecule has 1 fully saturated rings. The highest BCUT2D eigenvalue weighted by atomic mass is 14.5. The van der Waals surface area contributed by atoms with Gasteiger partial charge in [0.05, 0.1) is 0 Å². The lowest BCUT2D eigenvalue weighted by molar-refractivity contribution is 0.504. The molecule has 0 bridgehead atoms. The minimum absolute atomic E-state index is 0.750. The molecule has 1 heteroatoms. The van der Waals surface area contributed by atoms with Crippen LogP contribution in [0, 0.1) is 0 Å². The van der Waals surface area contributed by atoms with Crippen LogP contribution >= 0.6 is 0 Å². The van der Waals surface area contributed by atoms with E-state index in [0.717, 1.165) is 6.54 Å². The lowest BCUT2D eigenvalue weighted by Gasteiger charge is -2.05. The zero-order valence-corrected chi connectivity index (χ0v) is 5.11. The Labute approximate surface area is 45.9 Å². The Morgan fingerprint density at radius 3 is 1.29 bits per heavy atom. The van der Waals surface area contributed by atoms with Crippen molar-refractivity contribution in [2.45, 2.75) is 32.6 Å². The highest BCUT2D eigenvalue weighted by molar-refractivity contribution is 4.50. The Hall–Kier alpha value is -0.0400. The summed E-state index contributed by atoms with van der Waals surface area (Å²) >= 11 is 0. The van der Waals surface area contributed by atoms with Crippen LogP contribution in [0.25, 0.3) is 0 Å². The molecule has 0 amide bonds. The van der Waals surface area contributed by atoms with Gasteiger partial charge in [-0.15, -0.1) is 0 Å². The van der Waals surface area contributed by atoms with Gasteiger partial charge in [-0.1, -0.05) is 32.6 Å². The predicted octanol–water partition coefficient (Wildman–Crippen LogP) is 1.53. The number of rotatable bonds is 0. The van der Waals surface area contributed by atoms with E-state index in [9.17, 15) is 0 Å². The van der Waals surface area contributed by atoms with Gasteiger partial charge in [-0.05, 0) is 6.54 Å². The molecule has 1 nitrogen and oxygen atoms in total. The summed E-state index contributed by atoms with van der Waals surface area (Å²) in [5, 5.41) is 0. The number of hydrogen-bond acceptors (Lipinski definition) is 1. The van der Waals surface area contributed by atoms with Gasteiger partial charge in [-0.2, -0.15) is 0 Å². The lowest BCUT2D eigenvalue weighted by atomic mass is 10.0. The first-order valence-corrected chi connectivity index (χ1v) is 3.12. The van der Waals surface area contributed by atoms with E-state index in [0.29, 0.717) is 0 Å². The van der Waals surface area contributed by atoms with Crippen LogP contribution in [0.5, 0.6) is 0 Å². The minimum Gasteiger partial charge on any atom is -0.331 e.